The van der Waals surface area contributed by atoms with Crippen molar-refractivity contribution in [3.8, 4) is 5.75 Å². The Morgan fingerprint density at radius 1 is 1.18 bits per heavy atom. The summed E-state index contributed by atoms with van der Waals surface area (Å²) in [5.41, 5.74) is 6.46. The van der Waals surface area contributed by atoms with Crippen molar-refractivity contribution in [3.63, 3.8) is 0 Å². The Balaban J connectivity index is 1.51. The molecule has 28 heavy (non-hydrogen) atoms. The highest BCUT2D eigenvalue weighted by Crippen LogP contribution is 2.29. The fourth-order valence-corrected chi connectivity index (χ4v) is 3.55. The molecule has 4 N–H and O–H groups in total. The molecule has 0 amide bonds. The summed E-state index contributed by atoms with van der Waals surface area (Å²) in [6.45, 7) is 0.380. The minimum atomic E-state index is -4.72. The molecule has 1 heterocycles. The van der Waals surface area contributed by atoms with Gasteiger partial charge in [-0.3, -0.25) is 0 Å². The highest BCUT2D eigenvalue weighted by Gasteiger charge is 2.30. The highest BCUT2D eigenvalue weighted by atomic mass is 32.1. The molecule has 0 fully saturated rings. The van der Waals surface area contributed by atoms with Crippen molar-refractivity contribution in [2.75, 3.05) is 6.54 Å². The van der Waals surface area contributed by atoms with Crippen LogP contribution in [0, 0.1) is 0 Å². The molecule has 0 radical (unpaired) electrons. The van der Waals surface area contributed by atoms with Gasteiger partial charge in [-0.05, 0) is 35.2 Å². The van der Waals surface area contributed by atoms with Gasteiger partial charge in [-0.15, -0.1) is 24.5 Å². The number of hydrogen-bond acceptors (Lipinski definition) is 4. The van der Waals surface area contributed by atoms with Gasteiger partial charge in [-0.2, -0.15) is 0 Å². The van der Waals surface area contributed by atoms with Crippen molar-refractivity contribution in [2.45, 2.75) is 19.0 Å². The lowest BCUT2D eigenvalue weighted by atomic mass is 10.2. The van der Waals surface area contributed by atoms with Crippen LogP contribution in [0.4, 0.5) is 13.2 Å². The average molecular weight is 409 g/mol. The molecule has 0 saturated heterocycles. The molecule has 1 atom stereocenters. The van der Waals surface area contributed by atoms with Crippen molar-refractivity contribution >= 4 is 27.4 Å². The van der Waals surface area contributed by atoms with Gasteiger partial charge in [0.25, 0.3) is 0 Å². The smallest absolute Gasteiger partial charge is 0.406 e. The van der Waals surface area contributed by atoms with Crippen molar-refractivity contribution in [1.82, 2.24) is 5.32 Å². The van der Waals surface area contributed by atoms with E-state index in [1.54, 1.807) is 0 Å². The molecule has 3 rings (SSSR count). The Bertz CT molecular complexity index is 922. The van der Waals surface area contributed by atoms with Crippen LogP contribution in [0.15, 0.2) is 59.6 Å². The van der Waals surface area contributed by atoms with E-state index < -0.39 is 12.5 Å². The number of benzene rings is 2. The maximum atomic E-state index is 12.1. The second-order valence-corrected chi connectivity index (χ2v) is 7.09. The lowest BCUT2D eigenvalue weighted by Gasteiger charge is -2.11. The molecule has 5 nitrogen and oxygen atoms in total. The molecule has 0 aliphatic rings. The lowest BCUT2D eigenvalue weighted by Crippen LogP contribution is -2.34. The SMILES string of the molecule is NC(=NCc1ccc(OC(F)(F)F)cc1)NCC(O)c1cc2ccccc2s1. The van der Waals surface area contributed by atoms with E-state index >= 15 is 0 Å². The zero-order chi connectivity index (χ0) is 20.1. The van der Waals surface area contributed by atoms with Crippen LogP contribution in [-0.2, 0) is 6.54 Å². The third-order valence-electron chi connectivity index (χ3n) is 3.84. The van der Waals surface area contributed by atoms with Gasteiger partial charge in [0.2, 0.25) is 0 Å². The Kier molecular flexibility index (Phi) is 6.05. The van der Waals surface area contributed by atoms with E-state index in [2.05, 4.69) is 15.0 Å². The Morgan fingerprint density at radius 2 is 1.89 bits per heavy atom. The normalized spacial score (nSPS) is 13.5. The number of fused-ring (bicyclic) bond motifs is 1. The second kappa shape index (κ2) is 8.49. The maximum absolute atomic E-state index is 12.1. The first-order valence-electron chi connectivity index (χ1n) is 8.35. The van der Waals surface area contributed by atoms with Gasteiger partial charge in [-0.25, -0.2) is 4.99 Å². The summed E-state index contributed by atoms with van der Waals surface area (Å²) < 4.78 is 41.3. The van der Waals surface area contributed by atoms with E-state index in [0.29, 0.717) is 5.56 Å². The number of guanidine groups is 1. The number of halogens is 3. The van der Waals surface area contributed by atoms with E-state index in [9.17, 15) is 18.3 Å². The third-order valence-corrected chi connectivity index (χ3v) is 5.06. The molecular weight excluding hydrogens is 391 g/mol. The van der Waals surface area contributed by atoms with Crippen molar-refractivity contribution in [2.24, 2.45) is 10.7 Å². The van der Waals surface area contributed by atoms with Crippen LogP contribution in [0.3, 0.4) is 0 Å². The summed E-state index contributed by atoms with van der Waals surface area (Å²) in [6, 6.07) is 15.2. The monoisotopic (exact) mass is 409 g/mol. The molecule has 0 spiro atoms. The number of ether oxygens (including phenoxy) is 1. The number of hydrogen-bond donors (Lipinski definition) is 3. The summed E-state index contributed by atoms with van der Waals surface area (Å²) in [6.07, 6.45) is -5.45. The Morgan fingerprint density at radius 3 is 2.57 bits per heavy atom. The van der Waals surface area contributed by atoms with Crippen LogP contribution in [0.25, 0.3) is 10.1 Å². The Hall–Kier alpha value is -2.78. The predicted molar refractivity (Wildman–Crippen MR) is 103 cm³/mol. The summed E-state index contributed by atoms with van der Waals surface area (Å²) in [5, 5.41) is 14.2. The fraction of sp³-hybridized carbons (Fsp3) is 0.211. The number of nitrogens with two attached hydrogens (primary N) is 1. The quantitative estimate of drug-likeness (QED) is 0.426. The minimum absolute atomic E-state index is 0.135. The van der Waals surface area contributed by atoms with Gasteiger partial charge in [0.05, 0.1) is 6.54 Å². The van der Waals surface area contributed by atoms with Crippen molar-refractivity contribution in [1.29, 1.82) is 0 Å². The van der Waals surface area contributed by atoms with E-state index in [1.165, 1.54) is 35.6 Å². The number of alkyl halides is 3. The number of rotatable bonds is 6. The first kappa shape index (κ1) is 20.0. The maximum Gasteiger partial charge on any atom is 0.573 e. The third kappa shape index (κ3) is 5.61. The van der Waals surface area contributed by atoms with Crippen LogP contribution in [-0.4, -0.2) is 24.0 Å². The largest absolute Gasteiger partial charge is 0.573 e. The lowest BCUT2D eigenvalue weighted by molar-refractivity contribution is -0.274. The van der Waals surface area contributed by atoms with Gasteiger partial charge in [-0.1, -0.05) is 30.3 Å². The van der Waals surface area contributed by atoms with Gasteiger partial charge in [0.15, 0.2) is 5.96 Å². The van der Waals surface area contributed by atoms with Crippen LogP contribution in [0.5, 0.6) is 5.75 Å². The van der Waals surface area contributed by atoms with E-state index in [1.807, 2.05) is 30.3 Å². The summed E-state index contributed by atoms with van der Waals surface area (Å²) in [4.78, 5) is 4.94. The fourth-order valence-electron chi connectivity index (χ4n) is 2.50. The number of aliphatic hydroxyl groups is 1. The van der Waals surface area contributed by atoms with Gasteiger partial charge < -0.3 is 20.9 Å². The standard InChI is InChI=1S/C19H18F3N3O2S/c20-19(21,22)27-14-7-5-12(6-8-14)10-24-18(23)25-11-15(26)17-9-13-3-1-2-4-16(13)28-17/h1-9,15,26H,10-11H2,(H3,23,24,25). The number of aliphatic hydroxyl groups excluding tert-OH is 1. The topological polar surface area (TPSA) is 79.9 Å². The molecular formula is C19H18F3N3O2S. The van der Waals surface area contributed by atoms with Crippen LogP contribution >= 0.6 is 11.3 Å². The van der Waals surface area contributed by atoms with Gasteiger partial charge >= 0.3 is 6.36 Å². The van der Waals surface area contributed by atoms with E-state index in [4.69, 9.17) is 5.73 Å². The highest BCUT2D eigenvalue weighted by molar-refractivity contribution is 7.19. The molecule has 2 aromatic carbocycles. The number of aliphatic imine (C=N–C) groups is 1. The van der Waals surface area contributed by atoms with Crippen LogP contribution in [0.1, 0.15) is 16.5 Å². The molecule has 1 unspecified atom stereocenters. The van der Waals surface area contributed by atoms with Crippen LogP contribution < -0.4 is 15.8 Å². The number of thiophene rings is 1. The number of nitrogens with zero attached hydrogens (tertiary/aromatic N) is 1. The molecule has 148 valence electrons. The second-order valence-electron chi connectivity index (χ2n) is 5.98. The first-order chi connectivity index (χ1) is 13.3. The van der Waals surface area contributed by atoms with Crippen molar-refractivity contribution in [3.05, 3.63) is 65.0 Å². The molecule has 0 aliphatic carbocycles. The zero-order valence-corrected chi connectivity index (χ0v) is 15.4. The molecule has 1 aromatic heterocycles. The van der Waals surface area contributed by atoms with Gasteiger partial charge in [0, 0.05) is 16.1 Å². The van der Waals surface area contributed by atoms with E-state index in [0.717, 1.165) is 15.0 Å². The molecule has 0 aliphatic heterocycles. The predicted octanol–water partition coefficient (Wildman–Crippen LogP) is 3.94. The van der Waals surface area contributed by atoms with E-state index in [-0.39, 0.29) is 24.8 Å². The zero-order valence-electron chi connectivity index (χ0n) is 14.6. The number of nitrogens with one attached hydrogen (secondary N) is 1. The molecule has 0 saturated carbocycles. The summed E-state index contributed by atoms with van der Waals surface area (Å²) in [7, 11) is 0. The average Bonchev–Trinajstić information content (AvgIpc) is 3.08. The Labute approximate surface area is 163 Å². The van der Waals surface area contributed by atoms with Gasteiger partial charge in [0.1, 0.15) is 11.9 Å². The first-order valence-corrected chi connectivity index (χ1v) is 9.17. The van der Waals surface area contributed by atoms with Crippen molar-refractivity contribution < 1.29 is 23.0 Å². The van der Waals surface area contributed by atoms with Crippen LogP contribution in [0.2, 0.25) is 0 Å². The molecule has 3 aromatic rings. The molecule has 0 bridgehead atoms. The minimum Gasteiger partial charge on any atom is -0.406 e. The summed E-state index contributed by atoms with van der Waals surface area (Å²) >= 11 is 1.51. The summed E-state index contributed by atoms with van der Waals surface area (Å²) in [5.74, 6) is -0.159. The molecule has 9 heteroatoms.